The van der Waals surface area contributed by atoms with Crippen LogP contribution in [0, 0.1) is 11.7 Å². The van der Waals surface area contributed by atoms with Gasteiger partial charge in [0.2, 0.25) is 0 Å². The number of carbonyl (C=O) groups excluding carboxylic acids is 1. The lowest BCUT2D eigenvalue weighted by Crippen LogP contribution is -2.33. The topological polar surface area (TPSA) is 49.3 Å². The quantitative estimate of drug-likeness (QED) is 0.895. The third kappa shape index (κ3) is 4.01. The Hall–Kier alpha value is -0.940. The van der Waals surface area contributed by atoms with E-state index in [1.165, 1.54) is 18.2 Å². The number of carbonyl (C=O) groups is 1. The van der Waals surface area contributed by atoms with Gasteiger partial charge in [-0.25, -0.2) is 4.39 Å². The molecule has 1 aliphatic carbocycles. The van der Waals surface area contributed by atoms with Gasteiger partial charge in [0.25, 0.3) is 5.91 Å². The molecule has 1 aliphatic rings. The fourth-order valence-electron chi connectivity index (χ4n) is 2.45. The maximum Gasteiger partial charge on any atom is 0.252 e. The van der Waals surface area contributed by atoms with E-state index in [0.29, 0.717) is 22.5 Å². The molecule has 0 spiro atoms. The first kappa shape index (κ1) is 14.5. The molecule has 2 atom stereocenters. The van der Waals surface area contributed by atoms with Crippen LogP contribution < -0.4 is 5.32 Å². The first-order chi connectivity index (χ1) is 9.06. The Morgan fingerprint density at radius 2 is 2.26 bits per heavy atom. The monoisotopic (exact) mass is 329 g/mol. The van der Waals surface area contributed by atoms with E-state index in [2.05, 4.69) is 21.2 Å². The molecule has 2 N–H and O–H groups in total. The molecular weight excluding hydrogens is 313 g/mol. The molecule has 1 aromatic carbocycles. The summed E-state index contributed by atoms with van der Waals surface area (Å²) in [5, 5.41) is 12.4. The van der Waals surface area contributed by atoms with Crippen LogP contribution in [-0.4, -0.2) is 23.7 Å². The average molecular weight is 330 g/mol. The van der Waals surface area contributed by atoms with Crippen LogP contribution in [-0.2, 0) is 0 Å². The molecule has 2 rings (SSSR count). The zero-order valence-electron chi connectivity index (χ0n) is 10.5. The molecule has 0 aromatic heterocycles. The summed E-state index contributed by atoms with van der Waals surface area (Å²) in [6.07, 6.45) is 3.33. The van der Waals surface area contributed by atoms with Crippen LogP contribution in [0.3, 0.4) is 0 Å². The van der Waals surface area contributed by atoms with E-state index in [-0.39, 0.29) is 12.0 Å². The zero-order valence-corrected chi connectivity index (χ0v) is 12.1. The van der Waals surface area contributed by atoms with E-state index in [4.69, 9.17) is 0 Å². The largest absolute Gasteiger partial charge is 0.393 e. The van der Waals surface area contributed by atoms with Gasteiger partial charge < -0.3 is 10.4 Å². The van der Waals surface area contributed by atoms with Gasteiger partial charge in [0.1, 0.15) is 5.82 Å². The number of aliphatic hydroxyl groups excluding tert-OH is 1. The second-order valence-corrected chi connectivity index (χ2v) is 5.87. The number of nitrogens with one attached hydrogen (secondary N) is 1. The molecule has 0 bridgehead atoms. The first-order valence-electron chi connectivity index (χ1n) is 6.47. The second kappa shape index (κ2) is 6.48. The van der Waals surface area contributed by atoms with E-state index < -0.39 is 5.82 Å². The van der Waals surface area contributed by atoms with Crippen LogP contribution in [0.5, 0.6) is 0 Å². The molecule has 104 valence electrons. The zero-order chi connectivity index (χ0) is 13.8. The summed E-state index contributed by atoms with van der Waals surface area (Å²) in [5.41, 5.74) is 0.302. The summed E-state index contributed by atoms with van der Waals surface area (Å²) in [5.74, 6) is -0.409. The van der Waals surface area contributed by atoms with Crippen molar-refractivity contribution in [3.05, 3.63) is 34.1 Å². The SMILES string of the molecule is O=C(NCC1CCCC(O)C1)c1cc(F)ccc1Br. The predicted octanol–water partition coefficient (Wildman–Crippen LogP) is 2.87. The van der Waals surface area contributed by atoms with Crippen molar-refractivity contribution >= 4 is 21.8 Å². The Bertz CT molecular complexity index is 467. The minimum Gasteiger partial charge on any atom is -0.393 e. The summed E-state index contributed by atoms with van der Waals surface area (Å²) >= 11 is 3.24. The van der Waals surface area contributed by atoms with Crippen molar-refractivity contribution in [1.82, 2.24) is 5.32 Å². The summed E-state index contributed by atoms with van der Waals surface area (Å²) in [4.78, 5) is 12.0. The van der Waals surface area contributed by atoms with E-state index in [9.17, 15) is 14.3 Å². The standard InChI is InChI=1S/C14H17BrFNO2/c15-13-5-4-10(16)7-12(13)14(19)17-8-9-2-1-3-11(18)6-9/h4-5,7,9,11,18H,1-3,6,8H2,(H,17,19). The van der Waals surface area contributed by atoms with Crippen molar-refractivity contribution in [3.63, 3.8) is 0 Å². The molecule has 0 aliphatic heterocycles. The molecule has 1 fully saturated rings. The Morgan fingerprint density at radius 3 is 3.00 bits per heavy atom. The molecule has 1 amide bonds. The Labute approximate surface area is 120 Å². The average Bonchev–Trinajstić information content (AvgIpc) is 2.39. The minimum atomic E-state index is -0.429. The van der Waals surface area contributed by atoms with Crippen LogP contribution in [0.4, 0.5) is 4.39 Å². The summed E-state index contributed by atoms with van der Waals surface area (Å²) in [6.45, 7) is 0.527. The van der Waals surface area contributed by atoms with Gasteiger partial charge in [-0.15, -0.1) is 0 Å². The molecule has 19 heavy (non-hydrogen) atoms. The van der Waals surface area contributed by atoms with Crippen LogP contribution >= 0.6 is 15.9 Å². The highest BCUT2D eigenvalue weighted by Crippen LogP contribution is 2.24. The third-order valence-corrected chi connectivity index (χ3v) is 4.17. The number of amides is 1. The maximum atomic E-state index is 13.1. The molecule has 1 aromatic rings. The number of hydrogen-bond donors (Lipinski definition) is 2. The molecule has 2 unspecified atom stereocenters. The van der Waals surface area contributed by atoms with Gasteiger partial charge in [-0.05, 0) is 59.3 Å². The van der Waals surface area contributed by atoms with Crippen LogP contribution in [0.25, 0.3) is 0 Å². The van der Waals surface area contributed by atoms with Gasteiger partial charge in [0.15, 0.2) is 0 Å². The highest BCUT2D eigenvalue weighted by molar-refractivity contribution is 9.10. The molecular formula is C14H17BrFNO2. The lowest BCUT2D eigenvalue weighted by atomic mass is 9.87. The smallest absolute Gasteiger partial charge is 0.252 e. The van der Waals surface area contributed by atoms with Gasteiger partial charge in [0, 0.05) is 11.0 Å². The fourth-order valence-corrected chi connectivity index (χ4v) is 2.88. The molecule has 1 saturated carbocycles. The van der Waals surface area contributed by atoms with Crippen LogP contribution in [0.15, 0.2) is 22.7 Å². The Balaban J connectivity index is 1.92. The number of halogens is 2. The van der Waals surface area contributed by atoms with E-state index in [1.54, 1.807) is 0 Å². The van der Waals surface area contributed by atoms with E-state index in [0.717, 1.165) is 25.7 Å². The summed E-state index contributed by atoms with van der Waals surface area (Å²) in [7, 11) is 0. The van der Waals surface area contributed by atoms with Gasteiger partial charge in [-0.3, -0.25) is 4.79 Å². The predicted molar refractivity (Wildman–Crippen MR) is 74.4 cm³/mol. The van der Waals surface area contributed by atoms with Crippen LogP contribution in [0.2, 0.25) is 0 Å². The summed E-state index contributed by atoms with van der Waals surface area (Å²) in [6, 6.07) is 4.04. The van der Waals surface area contributed by atoms with Crippen molar-refractivity contribution in [3.8, 4) is 0 Å². The van der Waals surface area contributed by atoms with Gasteiger partial charge in [-0.2, -0.15) is 0 Å². The lowest BCUT2D eigenvalue weighted by molar-refractivity contribution is 0.0873. The van der Waals surface area contributed by atoms with Gasteiger partial charge >= 0.3 is 0 Å². The third-order valence-electron chi connectivity index (χ3n) is 3.48. The molecule has 0 radical (unpaired) electrons. The van der Waals surface area contributed by atoms with Crippen LogP contribution in [0.1, 0.15) is 36.0 Å². The Kier molecular flexibility index (Phi) is 4.93. The molecule has 0 saturated heterocycles. The van der Waals surface area contributed by atoms with Crippen molar-refractivity contribution in [2.24, 2.45) is 5.92 Å². The van der Waals surface area contributed by atoms with Crippen molar-refractivity contribution < 1.29 is 14.3 Å². The number of rotatable bonds is 3. The van der Waals surface area contributed by atoms with E-state index >= 15 is 0 Å². The number of benzene rings is 1. The summed E-state index contributed by atoms with van der Waals surface area (Å²) < 4.78 is 13.7. The maximum absolute atomic E-state index is 13.1. The molecule has 5 heteroatoms. The second-order valence-electron chi connectivity index (χ2n) is 5.02. The highest BCUT2D eigenvalue weighted by Gasteiger charge is 2.21. The normalized spacial score (nSPS) is 23.1. The fraction of sp³-hybridized carbons (Fsp3) is 0.500. The van der Waals surface area contributed by atoms with Gasteiger partial charge in [0.05, 0.1) is 11.7 Å². The Morgan fingerprint density at radius 1 is 1.47 bits per heavy atom. The van der Waals surface area contributed by atoms with Gasteiger partial charge in [-0.1, -0.05) is 6.42 Å². The number of aliphatic hydroxyl groups is 1. The highest BCUT2D eigenvalue weighted by atomic mass is 79.9. The van der Waals surface area contributed by atoms with Crippen molar-refractivity contribution in [2.45, 2.75) is 31.8 Å². The molecule has 0 heterocycles. The van der Waals surface area contributed by atoms with E-state index in [1.807, 2.05) is 0 Å². The molecule has 3 nitrogen and oxygen atoms in total. The number of hydrogen-bond acceptors (Lipinski definition) is 2. The first-order valence-corrected chi connectivity index (χ1v) is 7.27. The minimum absolute atomic E-state index is 0.253. The lowest BCUT2D eigenvalue weighted by Gasteiger charge is -2.25. The van der Waals surface area contributed by atoms with Crippen molar-refractivity contribution in [1.29, 1.82) is 0 Å². The van der Waals surface area contributed by atoms with Crippen molar-refractivity contribution in [2.75, 3.05) is 6.54 Å².